The monoisotopic (exact) mass is 305 g/mol. The number of benzene rings is 2. The van der Waals surface area contributed by atoms with Gasteiger partial charge in [0.2, 0.25) is 0 Å². The Morgan fingerprint density at radius 1 is 1.06 bits per heavy atom. The Bertz CT molecular complexity index is 511. The number of anilines is 1. The first-order valence-electron chi connectivity index (χ1n) is 5.47. The van der Waals surface area contributed by atoms with Crippen molar-refractivity contribution in [3.8, 4) is 0 Å². The lowest BCUT2D eigenvalue weighted by Gasteiger charge is -2.06. The third-order valence-corrected chi connectivity index (χ3v) is 2.83. The number of ether oxygens (including phenoxy) is 1. The highest BCUT2D eigenvalue weighted by Gasteiger charge is 2.02. The molecule has 0 unspecified atom stereocenters. The highest BCUT2D eigenvalue weighted by Crippen LogP contribution is 2.12. The summed E-state index contributed by atoms with van der Waals surface area (Å²) in [5.41, 5.74) is 1.67. The Labute approximate surface area is 114 Å². The number of amides is 1. The zero-order valence-electron chi connectivity index (χ0n) is 9.60. The molecule has 2 rings (SSSR count). The van der Waals surface area contributed by atoms with Crippen molar-refractivity contribution in [2.24, 2.45) is 0 Å². The van der Waals surface area contributed by atoms with E-state index in [9.17, 15) is 4.79 Å². The summed E-state index contributed by atoms with van der Waals surface area (Å²) in [5.74, 6) is 0. The van der Waals surface area contributed by atoms with Crippen molar-refractivity contribution in [2.75, 3.05) is 5.32 Å². The number of hydrogen-bond donors (Lipinski definition) is 1. The first-order valence-corrected chi connectivity index (χ1v) is 6.26. The van der Waals surface area contributed by atoms with Crippen LogP contribution >= 0.6 is 15.9 Å². The van der Waals surface area contributed by atoms with Crippen molar-refractivity contribution in [3.05, 3.63) is 64.6 Å². The summed E-state index contributed by atoms with van der Waals surface area (Å²) in [4.78, 5) is 11.5. The van der Waals surface area contributed by atoms with Crippen molar-refractivity contribution in [2.45, 2.75) is 6.61 Å². The van der Waals surface area contributed by atoms with E-state index in [-0.39, 0.29) is 6.61 Å². The molecule has 0 radical (unpaired) electrons. The molecule has 0 saturated carbocycles. The second kappa shape index (κ2) is 6.21. The van der Waals surface area contributed by atoms with Crippen molar-refractivity contribution in [1.29, 1.82) is 0 Å². The van der Waals surface area contributed by atoms with Crippen LogP contribution in [0.15, 0.2) is 59.1 Å². The number of rotatable bonds is 3. The summed E-state index contributed by atoms with van der Waals surface area (Å²) in [5, 5.41) is 2.65. The van der Waals surface area contributed by atoms with Gasteiger partial charge >= 0.3 is 6.09 Å². The molecule has 2 aromatic carbocycles. The standard InChI is InChI=1S/C14H12BrNO2/c15-12-8-6-11(7-9-12)10-18-14(17)16-13-4-2-1-3-5-13/h1-9H,10H2,(H,16,17). The average molecular weight is 306 g/mol. The minimum atomic E-state index is -0.455. The molecule has 2 aromatic rings. The Morgan fingerprint density at radius 3 is 2.39 bits per heavy atom. The molecule has 1 amide bonds. The van der Waals surface area contributed by atoms with Crippen molar-refractivity contribution >= 4 is 27.7 Å². The predicted octanol–water partition coefficient (Wildman–Crippen LogP) is 4.20. The van der Waals surface area contributed by atoms with E-state index in [0.29, 0.717) is 0 Å². The molecule has 0 aliphatic carbocycles. The lowest BCUT2D eigenvalue weighted by atomic mass is 10.2. The van der Waals surface area contributed by atoms with Gasteiger partial charge in [-0.25, -0.2) is 4.79 Å². The average Bonchev–Trinajstić information content (AvgIpc) is 2.39. The molecule has 0 fully saturated rings. The van der Waals surface area contributed by atoms with Crippen LogP contribution in [0.3, 0.4) is 0 Å². The van der Waals surface area contributed by atoms with E-state index in [1.165, 1.54) is 0 Å². The SMILES string of the molecule is O=C(Nc1ccccc1)OCc1ccc(Br)cc1. The van der Waals surface area contributed by atoms with Crippen LogP contribution in [0, 0.1) is 0 Å². The fourth-order valence-electron chi connectivity index (χ4n) is 1.40. The maximum absolute atomic E-state index is 11.5. The van der Waals surface area contributed by atoms with Gasteiger partial charge in [0.05, 0.1) is 0 Å². The summed E-state index contributed by atoms with van der Waals surface area (Å²) in [6, 6.07) is 16.8. The zero-order chi connectivity index (χ0) is 12.8. The van der Waals surface area contributed by atoms with E-state index < -0.39 is 6.09 Å². The fraction of sp³-hybridized carbons (Fsp3) is 0.0714. The maximum Gasteiger partial charge on any atom is 0.411 e. The molecule has 4 heteroatoms. The Hall–Kier alpha value is -1.81. The Morgan fingerprint density at radius 2 is 1.72 bits per heavy atom. The van der Waals surface area contributed by atoms with Gasteiger partial charge in [0.1, 0.15) is 6.61 Å². The number of carbonyl (C=O) groups is 1. The van der Waals surface area contributed by atoms with Gasteiger partial charge in [0, 0.05) is 10.2 Å². The quantitative estimate of drug-likeness (QED) is 0.923. The molecule has 0 bridgehead atoms. The topological polar surface area (TPSA) is 38.3 Å². The van der Waals surface area contributed by atoms with Gasteiger partial charge in [-0.1, -0.05) is 46.3 Å². The molecule has 0 spiro atoms. The summed E-state index contributed by atoms with van der Waals surface area (Å²) in [6.07, 6.45) is -0.455. The van der Waals surface area contributed by atoms with Gasteiger partial charge in [-0.15, -0.1) is 0 Å². The number of carbonyl (C=O) groups excluding carboxylic acids is 1. The summed E-state index contributed by atoms with van der Waals surface area (Å²) < 4.78 is 6.11. The summed E-state index contributed by atoms with van der Waals surface area (Å²) in [7, 11) is 0. The van der Waals surface area contributed by atoms with Crippen LogP contribution in [-0.2, 0) is 11.3 Å². The first-order chi connectivity index (χ1) is 8.74. The Kier molecular flexibility index (Phi) is 4.36. The molecule has 1 N–H and O–H groups in total. The van der Waals surface area contributed by atoms with Crippen molar-refractivity contribution < 1.29 is 9.53 Å². The second-order valence-corrected chi connectivity index (χ2v) is 4.61. The van der Waals surface area contributed by atoms with Crippen LogP contribution < -0.4 is 5.32 Å². The van der Waals surface area contributed by atoms with E-state index in [4.69, 9.17) is 4.74 Å². The highest BCUT2D eigenvalue weighted by molar-refractivity contribution is 9.10. The van der Waals surface area contributed by atoms with E-state index in [0.717, 1.165) is 15.7 Å². The first kappa shape index (κ1) is 12.6. The molecule has 0 aliphatic rings. The molecular formula is C14H12BrNO2. The molecule has 0 heterocycles. The molecular weight excluding hydrogens is 294 g/mol. The van der Waals surface area contributed by atoms with Crippen molar-refractivity contribution in [1.82, 2.24) is 0 Å². The van der Waals surface area contributed by atoms with Crippen LogP contribution in [0.2, 0.25) is 0 Å². The Balaban J connectivity index is 1.83. The van der Waals surface area contributed by atoms with Crippen LogP contribution in [0.25, 0.3) is 0 Å². The van der Waals surface area contributed by atoms with Gasteiger partial charge in [-0.2, -0.15) is 0 Å². The normalized spacial score (nSPS) is 9.83. The largest absolute Gasteiger partial charge is 0.444 e. The third-order valence-electron chi connectivity index (χ3n) is 2.30. The van der Waals surface area contributed by atoms with Crippen LogP contribution in [-0.4, -0.2) is 6.09 Å². The highest BCUT2D eigenvalue weighted by atomic mass is 79.9. The van der Waals surface area contributed by atoms with Crippen molar-refractivity contribution in [3.63, 3.8) is 0 Å². The molecule has 3 nitrogen and oxygen atoms in total. The lowest BCUT2D eigenvalue weighted by molar-refractivity contribution is 0.155. The lowest BCUT2D eigenvalue weighted by Crippen LogP contribution is -2.13. The molecule has 92 valence electrons. The predicted molar refractivity (Wildman–Crippen MR) is 74.4 cm³/mol. The summed E-state index contributed by atoms with van der Waals surface area (Å²) in [6.45, 7) is 0.256. The number of hydrogen-bond acceptors (Lipinski definition) is 2. The maximum atomic E-state index is 11.5. The van der Waals surface area contributed by atoms with Crippen LogP contribution in [0.1, 0.15) is 5.56 Å². The third kappa shape index (κ3) is 3.89. The molecule has 0 saturated heterocycles. The van der Waals surface area contributed by atoms with Gasteiger partial charge in [-0.05, 0) is 29.8 Å². The van der Waals surface area contributed by atoms with Crippen LogP contribution in [0.4, 0.5) is 10.5 Å². The number of nitrogens with one attached hydrogen (secondary N) is 1. The smallest absolute Gasteiger partial charge is 0.411 e. The second-order valence-electron chi connectivity index (χ2n) is 3.69. The van der Waals surface area contributed by atoms with Gasteiger partial charge in [0.25, 0.3) is 0 Å². The zero-order valence-corrected chi connectivity index (χ0v) is 11.2. The molecule has 0 aromatic heterocycles. The van der Waals surface area contributed by atoms with E-state index >= 15 is 0 Å². The summed E-state index contributed by atoms with van der Waals surface area (Å²) >= 11 is 3.35. The van der Waals surface area contributed by atoms with Gasteiger partial charge < -0.3 is 4.74 Å². The van der Waals surface area contributed by atoms with E-state index in [1.54, 1.807) is 12.1 Å². The molecule has 18 heavy (non-hydrogen) atoms. The number of halogens is 1. The van der Waals surface area contributed by atoms with E-state index in [2.05, 4.69) is 21.2 Å². The minimum Gasteiger partial charge on any atom is -0.444 e. The van der Waals surface area contributed by atoms with Gasteiger partial charge in [0.15, 0.2) is 0 Å². The van der Waals surface area contributed by atoms with Gasteiger partial charge in [-0.3, -0.25) is 5.32 Å². The molecule has 0 aliphatic heterocycles. The van der Waals surface area contributed by atoms with E-state index in [1.807, 2.05) is 42.5 Å². The molecule has 0 atom stereocenters. The fourth-order valence-corrected chi connectivity index (χ4v) is 1.67. The number of para-hydroxylation sites is 1. The minimum absolute atomic E-state index is 0.256. The van der Waals surface area contributed by atoms with Crippen LogP contribution in [0.5, 0.6) is 0 Å².